The van der Waals surface area contributed by atoms with E-state index in [1.54, 1.807) is 44.6 Å². The third-order valence-electron chi connectivity index (χ3n) is 4.01. The maximum Gasteiger partial charge on any atom is 0.251 e. The molecule has 0 saturated heterocycles. The lowest BCUT2D eigenvalue weighted by molar-refractivity contribution is 0.0935. The molecule has 0 radical (unpaired) electrons. The molecule has 1 N–H and O–H groups in total. The number of amides is 1. The number of nitrogens with one attached hydrogen (secondary N) is 1. The molecule has 1 amide bonds. The predicted molar refractivity (Wildman–Crippen MR) is 102 cm³/mol. The van der Waals surface area contributed by atoms with Gasteiger partial charge in [0.2, 0.25) is 0 Å². The Morgan fingerprint density at radius 3 is 2.38 bits per heavy atom. The van der Waals surface area contributed by atoms with Crippen molar-refractivity contribution in [3.8, 4) is 17.2 Å². The molecule has 5 nitrogen and oxygen atoms in total. The van der Waals surface area contributed by atoms with Gasteiger partial charge < -0.3 is 19.5 Å². The van der Waals surface area contributed by atoms with Crippen molar-refractivity contribution in [1.82, 2.24) is 5.32 Å². The fraction of sp³-hybridized carbons (Fsp3) is 0.286. The Hall–Kier alpha value is -2.95. The topological polar surface area (TPSA) is 56.8 Å². The minimum atomic E-state index is -0.137. The van der Waals surface area contributed by atoms with Crippen molar-refractivity contribution < 1.29 is 19.0 Å². The third kappa shape index (κ3) is 4.79. The van der Waals surface area contributed by atoms with Crippen molar-refractivity contribution in [2.75, 3.05) is 20.8 Å². The van der Waals surface area contributed by atoms with Crippen LogP contribution >= 0.6 is 0 Å². The molecule has 0 fully saturated rings. The fourth-order valence-corrected chi connectivity index (χ4v) is 2.59. The van der Waals surface area contributed by atoms with E-state index in [1.807, 2.05) is 25.1 Å². The van der Waals surface area contributed by atoms with Gasteiger partial charge >= 0.3 is 0 Å². The molecule has 2 rings (SSSR count). The van der Waals surface area contributed by atoms with Crippen LogP contribution in [0.1, 0.15) is 35.3 Å². The molecular formula is C21H25NO4. The zero-order valence-electron chi connectivity index (χ0n) is 15.5. The summed E-state index contributed by atoms with van der Waals surface area (Å²) in [4.78, 5) is 12.6. The normalized spacial score (nSPS) is 11.3. The largest absolute Gasteiger partial charge is 0.493 e. The molecule has 0 spiro atoms. The van der Waals surface area contributed by atoms with Crippen LogP contribution in [0.4, 0.5) is 0 Å². The van der Waals surface area contributed by atoms with Crippen LogP contribution in [0.15, 0.2) is 55.1 Å². The summed E-state index contributed by atoms with van der Waals surface area (Å²) < 4.78 is 16.0. The molecule has 0 bridgehead atoms. The summed E-state index contributed by atoms with van der Waals surface area (Å²) in [6.45, 7) is 6.06. The molecule has 0 aliphatic rings. The van der Waals surface area contributed by atoms with Crippen LogP contribution in [-0.4, -0.2) is 26.7 Å². The van der Waals surface area contributed by atoms with Crippen molar-refractivity contribution in [3.05, 3.63) is 66.2 Å². The van der Waals surface area contributed by atoms with Gasteiger partial charge in [-0.1, -0.05) is 25.6 Å². The lowest BCUT2D eigenvalue weighted by Crippen LogP contribution is -2.28. The highest BCUT2D eigenvalue weighted by atomic mass is 16.5. The monoisotopic (exact) mass is 355 g/mol. The van der Waals surface area contributed by atoms with Gasteiger partial charge in [0, 0.05) is 5.56 Å². The molecule has 2 aromatic carbocycles. The van der Waals surface area contributed by atoms with E-state index in [0.29, 0.717) is 29.4 Å². The van der Waals surface area contributed by atoms with Gasteiger partial charge in [-0.05, 0) is 48.4 Å². The average Bonchev–Trinajstić information content (AvgIpc) is 2.70. The van der Waals surface area contributed by atoms with E-state index in [1.165, 1.54) is 0 Å². The summed E-state index contributed by atoms with van der Waals surface area (Å²) in [5, 5.41) is 3.06. The fourth-order valence-electron chi connectivity index (χ4n) is 2.59. The second-order valence-corrected chi connectivity index (χ2v) is 5.67. The molecule has 138 valence electrons. The zero-order valence-corrected chi connectivity index (χ0v) is 15.5. The summed E-state index contributed by atoms with van der Waals surface area (Å²) in [6.07, 6.45) is 2.43. The smallest absolute Gasteiger partial charge is 0.251 e. The number of hydrogen-bond acceptors (Lipinski definition) is 4. The van der Waals surface area contributed by atoms with Gasteiger partial charge in [0.15, 0.2) is 11.5 Å². The second kappa shape index (κ2) is 9.51. The van der Waals surface area contributed by atoms with Crippen molar-refractivity contribution >= 4 is 5.91 Å². The molecule has 1 atom stereocenters. The Morgan fingerprint density at radius 2 is 1.81 bits per heavy atom. The highest BCUT2D eigenvalue weighted by Gasteiger charge is 2.16. The van der Waals surface area contributed by atoms with Gasteiger partial charge in [-0.2, -0.15) is 0 Å². The molecule has 2 aromatic rings. The molecule has 26 heavy (non-hydrogen) atoms. The van der Waals surface area contributed by atoms with Crippen LogP contribution < -0.4 is 19.5 Å². The Balaban J connectivity index is 2.11. The number of carbonyl (C=O) groups is 1. The van der Waals surface area contributed by atoms with Crippen molar-refractivity contribution in [2.45, 2.75) is 19.4 Å². The SMILES string of the molecule is C=CCOc1ccc(C(=O)NC(CC)c2ccc(OC)c(OC)c2)cc1. The molecular weight excluding hydrogens is 330 g/mol. The predicted octanol–water partition coefficient (Wildman–Crippen LogP) is 4.15. The first kappa shape index (κ1) is 19.4. The van der Waals surface area contributed by atoms with Crippen LogP contribution in [0, 0.1) is 0 Å². The zero-order chi connectivity index (χ0) is 18.9. The Bertz CT molecular complexity index is 740. The van der Waals surface area contributed by atoms with E-state index in [9.17, 15) is 4.79 Å². The molecule has 1 unspecified atom stereocenters. The van der Waals surface area contributed by atoms with Crippen molar-refractivity contribution in [1.29, 1.82) is 0 Å². The van der Waals surface area contributed by atoms with Crippen LogP contribution in [0.5, 0.6) is 17.2 Å². The number of hydrogen-bond donors (Lipinski definition) is 1. The number of methoxy groups -OCH3 is 2. The number of benzene rings is 2. The average molecular weight is 355 g/mol. The minimum absolute atomic E-state index is 0.126. The van der Waals surface area contributed by atoms with E-state index in [0.717, 1.165) is 12.0 Å². The summed E-state index contributed by atoms with van der Waals surface area (Å²) in [5.41, 5.74) is 1.54. The standard InChI is InChI=1S/C21H25NO4/c1-5-13-26-17-10-7-15(8-11-17)21(23)22-18(6-2)16-9-12-19(24-3)20(14-16)25-4/h5,7-12,14,18H,1,6,13H2,2-4H3,(H,22,23). The van der Waals surface area contributed by atoms with Gasteiger partial charge in [-0.15, -0.1) is 0 Å². The summed E-state index contributed by atoms with van der Waals surface area (Å²) in [5.74, 6) is 1.87. The summed E-state index contributed by atoms with van der Waals surface area (Å²) in [6, 6.07) is 12.6. The van der Waals surface area contributed by atoms with E-state index < -0.39 is 0 Å². The van der Waals surface area contributed by atoms with Crippen LogP contribution in [0.3, 0.4) is 0 Å². The first-order valence-corrected chi connectivity index (χ1v) is 8.49. The van der Waals surface area contributed by atoms with Gasteiger partial charge in [-0.25, -0.2) is 0 Å². The quantitative estimate of drug-likeness (QED) is 0.687. The summed E-state index contributed by atoms with van der Waals surface area (Å²) >= 11 is 0. The number of carbonyl (C=O) groups excluding carboxylic acids is 1. The van der Waals surface area contributed by atoms with Crippen LogP contribution in [-0.2, 0) is 0 Å². The molecule has 0 aliphatic carbocycles. The highest BCUT2D eigenvalue weighted by Crippen LogP contribution is 2.31. The van der Waals surface area contributed by atoms with Crippen LogP contribution in [0.25, 0.3) is 0 Å². The maximum absolute atomic E-state index is 12.6. The van der Waals surface area contributed by atoms with Gasteiger partial charge in [0.05, 0.1) is 20.3 Å². The third-order valence-corrected chi connectivity index (χ3v) is 4.01. The molecule has 0 saturated carbocycles. The molecule has 0 aliphatic heterocycles. The van der Waals surface area contributed by atoms with E-state index >= 15 is 0 Å². The lowest BCUT2D eigenvalue weighted by atomic mass is 10.0. The summed E-state index contributed by atoms with van der Waals surface area (Å²) in [7, 11) is 3.19. The minimum Gasteiger partial charge on any atom is -0.493 e. The van der Waals surface area contributed by atoms with Crippen molar-refractivity contribution in [3.63, 3.8) is 0 Å². The Kier molecular flexibility index (Phi) is 7.09. The van der Waals surface area contributed by atoms with Gasteiger partial charge in [-0.3, -0.25) is 4.79 Å². The van der Waals surface area contributed by atoms with Gasteiger partial charge in [0.1, 0.15) is 12.4 Å². The highest BCUT2D eigenvalue weighted by molar-refractivity contribution is 5.94. The molecule has 5 heteroatoms. The van der Waals surface area contributed by atoms with Gasteiger partial charge in [0.25, 0.3) is 5.91 Å². The first-order valence-electron chi connectivity index (χ1n) is 8.49. The number of ether oxygens (including phenoxy) is 3. The molecule has 0 heterocycles. The van der Waals surface area contributed by atoms with E-state index in [2.05, 4.69) is 11.9 Å². The molecule has 0 aromatic heterocycles. The number of rotatable bonds is 9. The van der Waals surface area contributed by atoms with E-state index in [-0.39, 0.29) is 11.9 Å². The Morgan fingerprint density at radius 1 is 1.12 bits per heavy atom. The second-order valence-electron chi connectivity index (χ2n) is 5.67. The maximum atomic E-state index is 12.6. The lowest BCUT2D eigenvalue weighted by Gasteiger charge is -2.19. The van der Waals surface area contributed by atoms with E-state index in [4.69, 9.17) is 14.2 Å². The first-order chi connectivity index (χ1) is 12.6. The van der Waals surface area contributed by atoms with Crippen LogP contribution in [0.2, 0.25) is 0 Å². The Labute approximate surface area is 154 Å². The van der Waals surface area contributed by atoms with Crippen molar-refractivity contribution in [2.24, 2.45) is 0 Å².